The summed E-state index contributed by atoms with van der Waals surface area (Å²) >= 11 is 0. The molecular weight excluding hydrogens is 394 g/mol. The summed E-state index contributed by atoms with van der Waals surface area (Å²) in [5.74, 6) is 0.193. The molecule has 0 aliphatic carbocycles. The van der Waals surface area contributed by atoms with Crippen LogP contribution in [0.4, 0.5) is 0 Å². The van der Waals surface area contributed by atoms with E-state index in [4.69, 9.17) is 0 Å². The highest BCUT2D eigenvalue weighted by molar-refractivity contribution is 6.10. The van der Waals surface area contributed by atoms with Gasteiger partial charge in [-0.25, -0.2) is 0 Å². The first-order valence-corrected chi connectivity index (χ1v) is 11.4. The second-order valence-corrected chi connectivity index (χ2v) is 8.58. The minimum atomic E-state index is -0.136. The van der Waals surface area contributed by atoms with Crippen molar-refractivity contribution >= 4 is 16.7 Å². The third-order valence-corrected chi connectivity index (χ3v) is 6.73. The molecule has 1 fully saturated rings. The van der Waals surface area contributed by atoms with Crippen LogP contribution in [-0.4, -0.2) is 52.8 Å². The van der Waals surface area contributed by atoms with Crippen molar-refractivity contribution in [3.63, 3.8) is 0 Å². The fraction of sp³-hybridized carbons (Fsp3) is 0.250. The zero-order chi connectivity index (χ0) is 21.9. The van der Waals surface area contributed by atoms with Crippen molar-refractivity contribution < 1.29 is 4.79 Å². The summed E-state index contributed by atoms with van der Waals surface area (Å²) in [5, 5.41) is 1.01. The highest BCUT2D eigenvalue weighted by atomic mass is 16.1. The van der Waals surface area contributed by atoms with Gasteiger partial charge in [0, 0.05) is 48.8 Å². The van der Waals surface area contributed by atoms with E-state index in [9.17, 15) is 4.79 Å². The van der Waals surface area contributed by atoms with Crippen molar-refractivity contribution in [1.29, 1.82) is 0 Å². The molecule has 4 nitrogen and oxygen atoms in total. The minimum absolute atomic E-state index is 0.136. The summed E-state index contributed by atoms with van der Waals surface area (Å²) in [7, 11) is 0. The predicted molar refractivity (Wildman–Crippen MR) is 130 cm³/mol. The molecule has 0 amide bonds. The largest absolute Gasteiger partial charge is 0.360 e. The number of nitrogens with zero attached hydrogens (tertiary/aromatic N) is 2. The van der Waals surface area contributed by atoms with E-state index in [0.717, 1.165) is 42.6 Å². The molecule has 0 unspecified atom stereocenters. The van der Waals surface area contributed by atoms with Crippen LogP contribution >= 0.6 is 0 Å². The molecule has 5 rings (SSSR count). The van der Waals surface area contributed by atoms with E-state index in [1.54, 1.807) is 0 Å². The molecule has 4 aromatic rings. The molecule has 0 radical (unpaired) electrons. The highest BCUT2D eigenvalue weighted by Crippen LogP contribution is 2.30. The summed E-state index contributed by atoms with van der Waals surface area (Å²) in [6.45, 7) is 5.67. The third kappa shape index (κ3) is 3.99. The van der Waals surface area contributed by atoms with Crippen LogP contribution < -0.4 is 0 Å². The van der Waals surface area contributed by atoms with Gasteiger partial charge in [-0.05, 0) is 24.1 Å². The lowest BCUT2D eigenvalue weighted by atomic mass is 9.96. The maximum absolute atomic E-state index is 13.3. The van der Waals surface area contributed by atoms with Crippen LogP contribution in [-0.2, 0) is 0 Å². The van der Waals surface area contributed by atoms with Gasteiger partial charge < -0.3 is 4.98 Å². The van der Waals surface area contributed by atoms with Gasteiger partial charge in [0.25, 0.3) is 0 Å². The molecule has 32 heavy (non-hydrogen) atoms. The van der Waals surface area contributed by atoms with Gasteiger partial charge in [-0.2, -0.15) is 0 Å². The second kappa shape index (κ2) is 9.11. The van der Waals surface area contributed by atoms with Gasteiger partial charge in [-0.3, -0.25) is 14.6 Å². The van der Waals surface area contributed by atoms with Gasteiger partial charge in [-0.15, -0.1) is 0 Å². The van der Waals surface area contributed by atoms with Gasteiger partial charge in [0.05, 0.1) is 12.1 Å². The number of Topliss-reactive ketones (excluding diaryl/α,β-unsaturated/α-hetero) is 1. The zero-order valence-corrected chi connectivity index (χ0v) is 18.4. The number of H-pyrrole nitrogens is 1. The first-order valence-electron chi connectivity index (χ1n) is 11.4. The number of benzene rings is 3. The zero-order valence-electron chi connectivity index (χ0n) is 18.4. The van der Waals surface area contributed by atoms with E-state index in [1.807, 2.05) is 37.4 Å². The predicted octanol–water partition coefficient (Wildman–Crippen LogP) is 5.15. The number of carbonyl (C=O) groups is 1. The number of hydrogen-bond acceptors (Lipinski definition) is 3. The summed E-state index contributed by atoms with van der Waals surface area (Å²) in [6, 6.07) is 29.6. The molecule has 0 spiro atoms. The molecule has 3 aromatic carbocycles. The number of ketones is 1. The first-order chi connectivity index (χ1) is 15.7. The molecule has 1 atom stereocenters. The van der Waals surface area contributed by atoms with Crippen LogP contribution in [0, 0.1) is 0 Å². The van der Waals surface area contributed by atoms with Gasteiger partial charge in [0.15, 0.2) is 5.78 Å². The smallest absolute Gasteiger partial charge is 0.181 e. The van der Waals surface area contributed by atoms with E-state index in [2.05, 4.69) is 75.4 Å². The van der Waals surface area contributed by atoms with Crippen molar-refractivity contribution in [3.8, 4) is 0 Å². The molecule has 1 aliphatic rings. The SMILES string of the molecule is C[C@@H](C(=O)c1c[nH]c2ccccc12)N1CCN(C(c2ccccc2)c2ccccc2)CC1. The number of rotatable bonds is 6. The van der Waals surface area contributed by atoms with Crippen molar-refractivity contribution in [2.24, 2.45) is 0 Å². The maximum Gasteiger partial charge on any atom is 0.181 e. The minimum Gasteiger partial charge on any atom is -0.360 e. The Labute approximate surface area is 189 Å². The number of para-hydroxylation sites is 1. The summed E-state index contributed by atoms with van der Waals surface area (Å²) in [5.41, 5.74) is 4.44. The standard InChI is InChI=1S/C28H29N3O/c1-21(28(32)25-20-29-26-15-9-8-14-24(25)26)30-16-18-31(19-17-30)27(22-10-4-2-5-11-22)23-12-6-3-7-13-23/h2-15,20-21,27,29H,16-19H2,1H3/t21-/m0/s1. The molecule has 1 aromatic heterocycles. The van der Waals surface area contributed by atoms with Crippen molar-refractivity contribution in [1.82, 2.24) is 14.8 Å². The summed E-state index contributed by atoms with van der Waals surface area (Å²) in [6.07, 6.45) is 1.86. The lowest BCUT2D eigenvalue weighted by Gasteiger charge is -2.41. The van der Waals surface area contributed by atoms with Gasteiger partial charge in [0.2, 0.25) is 0 Å². The summed E-state index contributed by atoms with van der Waals surface area (Å²) in [4.78, 5) is 21.4. The Hall–Kier alpha value is -3.21. The topological polar surface area (TPSA) is 39.3 Å². The average molecular weight is 424 g/mol. The molecule has 1 saturated heterocycles. The summed E-state index contributed by atoms with van der Waals surface area (Å²) < 4.78 is 0. The fourth-order valence-corrected chi connectivity index (χ4v) is 4.93. The lowest BCUT2D eigenvalue weighted by Crippen LogP contribution is -2.52. The number of aromatic nitrogens is 1. The van der Waals surface area contributed by atoms with Gasteiger partial charge >= 0.3 is 0 Å². The number of nitrogens with one attached hydrogen (secondary N) is 1. The van der Waals surface area contributed by atoms with E-state index in [-0.39, 0.29) is 17.9 Å². The highest BCUT2D eigenvalue weighted by Gasteiger charge is 2.31. The number of fused-ring (bicyclic) bond motifs is 1. The number of aromatic amines is 1. The van der Waals surface area contributed by atoms with E-state index >= 15 is 0 Å². The maximum atomic E-state index is 13.3. The number of hydrogen-bond donors (Lipinski definition) is 1. The molecule has 4 heteroatoms. The number of carbonyl (C=O) groups excluding carboxylic acids is 1. The quantitative estimate of drug-likeness (QED) is 0.436. The Bertz CT molecular complexity index is 1140. The normalized spacial score (nSPS) is 16.4. The van der Waals surface area contributed by atoms with Gasteiger partial charge in [0.1, 0.15) is 0 Å². The molecule has 0 saturated carbocycles. The molecule has 1 N–H and O–H groups in total. The Kier molecular flexibility index (Phi) is 5.89. The Balaban J connectivity index is 1.32. The van der Waals surface area contributed by atoms with Crippen LogP contribution in [0.5, 0.6) is 0 Å². The van der Waals surface area contributed by atoms with E-state index in [0.29, 0.717) is 0 Å². The Morgan fingerprint density at radius 2 is 1.28 bits per heavy atom. The molecular formula is C28H29N3O. The van der Waals surface area contributed by atoms with Crippen molar-refractivity contribution in [3.05, 3.63) is 108 Å². The third-order valence-electron chi connectivity index (χ3n) is 6.73. The van der Waals surface area contributed by atoms with Crippen molar-refractivity contribution in [2.45, 2.75) is 19.0 Å². The second-order valence-electron chi connectivity index (χ2n) is 8.58. The van der Waals surface area contributed by atoms with Crippen molar-refractivity contribution in [2.75, 3.05) is 26.2 Å². The van der Waals surface area contributed by atoms with Gasteiger partial charge in [-0.1, -0.05) is 78.9 Å². The average Bonchev–Trinajstić information content (AvgIpc) is 3.29. The van der Waals surface area contributed by atoms with Crippen LogP contribution in [0.1, 0.15) is 34.5 Å². The lowest BCUT2D eigenvalue weighted by molar-refractivity contribution is 0.0641. The fourth-order valence-electron chi connectivity index (χ4n) is 4.93. The number of piperazine rings is 1. The van der Waals surface area contributed by atoms with E-state index in [1.165, 1.54) is 11.1 Å². The molecule has 2 heterocycles. The molecule has 162 valence electrons. The molecule has 1 aliphatic heterocycles. The van der Waals surface area contributed by atoms with Crippen LogP contribution in [0.2, 0.25) is 0 Å². The molecule has 0 bridgehead atoms. The monoisotopic (exact) mass is 423 g/mol. The first kappa shape index (κ1) is 20.7. The van der Waals surface area contributed by atoms with Crippen LogP contribution in [0.25, 0.3) is 10.9 Å². The van der Waals surface area contributed by atoms with Crippen LogP contribution in [0.3, 0.4) is 0 Å². The van der Waals surface area contributed by atoms with Crippen LogP contribution in [0.15, 0.2) is 91.1 Å². The van der Waals surface area contributed by atoms with E-state index < -0.39 is 0 Å². The Morgan fingerprint density at radius 1 is 0.750 bits per heavy atom. The Morgan fingerprint density at radius 3 is 1.91 bits per heavy atom.